The third-order valence-corrected chi connectivity index (χ3v) is 2.72. The molecule has 1 aromatic heterocycles. The molecule has 0 unspecified atom stereocenters. The highest BCUT2D eigenvalue weighted by Crippen LogP contribution is 2.20. The minimum Gasteiger partial charge on any atom is -0.245 e. The van der Waals surface area contributed by atoms with Crippen molar-refractivity contribution < 1.29 is 0 Å². The fraction of sp³-hybridized carbons (Fsp3) is 0. The molecule has 98 valence electrons. The van der Waals surface area contributed by atoms with E-state index in [1.807, 2.05) is 36.4 Å². The largest absolute Gasteiger partial charge is 0.245 e. The Kier molecular flexibility index (Phi) is 5.23. The van der Waals surface area contributed by atoms with Crippen LogP contribution in [0.25, 0.3) is 5.57 Å². The van der Waals surface area contributed by atoms with Crippen LogP contribution in [-0.2, 0) is 0 Å². The van der Waals surface area contributed by atoms with E-state index in [2.05, 4.69) is 40.8 Å². The van der Waals surface area contributed by atoms with Crippen molar-refractivity contribution in [2.75, 3.05) is 0 Å². The van der Waals surface area contributed by atoms with Crippen LogP contribution in [0.2, 0.25) is 0 Å². The molecule has 0 bridgehead atoms. The van der Waals surface area contributed by atoms with Crippen LogP contribution in [0.5, 0.6) is 0 Å². The molecule has 0 aliphatic heterocycles. The van der Waals surface area contributed by atoms with E-state index in [1.54, 1.807) is 18.5 Å². The number of hydrogen-bond acceptors (Lipinski definition) is 2. The Hall–Kier alpha value is -2.74. The fourth-order valence-corrected chi connectivity index (χ4v) is 1.70. The molecule has 0 spiro atoms. The molecule has 0 saturated carbocycles. The summed E-state index contributed by atoms with van der Waals surface area (Å²) in [6.45, 7) is 4.10. The first-order chi connectivity index (χ1) is 9.88. The van der Waals surface area contributed by atoms with Gasteiger partial charge in [-0.25, -0.2) is 9.97 Å². The van der Waals surface area contributed by atoms with Gasteiger partial charge in [-0.05, 0) is 22.8 Å². The number of benzene rings is 2. The zero-order chi connectivity index (χ0) is 14.0. The molecule has 0 radical (unpaired) electrons. The number of rotatable bonds is 2. The highest BCUT2D eigenvalue weighted by Gasteiger charge is 1.99. The lowest BCUT2D eigenvalue weighted by Gasteiger charge is -2.04. The molecule has 0 saturated heterocycles. The van der Waals surface area contributed by atoms with Crippen molar-refractivity contribution in [3.05, 3.63) is 103 Å². The summed E-state index contributed by atoms with van der Waals surface area (Å²) in [5, 5.41) is 0. The summed E-state index contributed by atoms with van der Waals surface area (Å²) in [4.78, 5) is 7.35. The fourth-order valence-electron chi connectivity index (χ4n) is 1.70. The van der Waals surface area contributed by atoms with E-state index in [4.69, 9.17) is 0 Å². The minimum absolute atomic E-state index is 1.08. The van der Waals surface area contributed by atoms with Crippen molar-refractivity contribution in [1.29, 1.82) is 0 Å². The second-order valence-corrected chi connectivity index (χ2v) is 4.11. The van der Waals surface area contributed by atoms with Crippen LogP contribution < -0.4 is 0 Å². The highest BCUT2D eigenvalue weighted by molar-refractivity contribution is 5.77. The van der Waals surface area contributed by atoms with Gasteiger partial charge in [-0.15, -0.1) is 0 Å². The molecule has 2 aromatic carbocycles. The van der Waals surface area contributed by atoms with Gasteiger partial charge in [0.15, 0.2) is 0 Å². The maximum atomic E-state index is 4.10. The SMILES string of the molecule is C=C(c1ccccc1)c1ccccc1.c1cncnc1. The second kappa shape index (κ2) is 7.64. The molecule has 2 nitrogen and oxygen atoms in total. The lowest BCUT2D eigenvalue weighted by molar-refractivity contribution is 1.17. The van der Waals surface area contributed by atoms with Crippen molar-refractivity contribution in [1.82, 2.24) is 9.97 Å². The van der Waals surface area contributed by atoms with Gasteiger partial charge in [0.05, 0.1) is 0 Å². The molecule has 0 fully saturated rings. The number of aromatic nitrogens is 2. The first-order valence-electron chi connectivity index (χ1n) is 6.37. The topological polar surface area (TPSA) is 25.8 Å². The van der Waals surface area contributed by atoms with Gasteiger partial charge in [0.2, 0.25) is 0 Å². The zero-order valence-corrected chi connectivity index (χ0v) is 11.2. The first kappa shape index (κ1) is 13.7. The Morgan fingerprint density at radius 3 is 1.40 bits per heavy atom. The molecular weight excluding hydrogens is 244 g/mol. The van der Waals surface area contributed by atoms with E-state index < -0.39 is 0 Å². The average Bonchev–Trinajstić information content (AvgIpc) is 2.58. The normalized spacial score (nSPS) is 9.20. The van der Waals surface area contributed by atoms with Crippen LogP contribution in [0.15, 0.2) is 92.0 Å². The summed E-state index contributed by atoms with van der Waals surface area (Å²) in [5.74, 6) is 0. The Bertz CT molecular complexity index is 551. The number of hydrogen-bond donors (Lipinski definition) is 0. The summed E-state index contributed by atoms with van der Waals surface area (Å²) in [6, 6.07) is 22.2. The van der Waals surface area contributed by atoms with Gasteiger partial charge in [0.1, 0.15) is 6.33 Å². The summed E-state index contributed by atoms with van der Waals surface area (Å²) >= 11 is 0. The molecule has 20 heavy (non-hydrogen) atoms. The minimum atomic E-state index is 1.08. The first-order valence-corrected chi connectivity index (χ1v) is 6.37. The summed E-state index contributed by atoms with van der Waals surface area (Å²) < 4.78 is 0. The second-order valence-electron chi connectivity index (χ2n) is 4.11. The van der Waals surface area contributed by atoms with Gasteiger partial charge in [0.25, 0.3) is 0 Å². The Morgan fingerprint density at radius 1 is 0.650 bits per heavy atom. The predicted octanol–water partition coefficient (Wildman–Crippen LogP) is 4.22. The van der Waals surface area contributed by atoms with Gasteiger partial charge in [-0.2, -0.15) is 0 Å². The Morgan fingerprint density at radius 2 is 1.10 bits per heavy atom. The van der Waals surface area contributed by atoms with Crippen molar-refractivity contribution in [2.24, 2.45) is 0 Å². The van der Waals surface area contributed by atoms with Crippen LogP contribution >= 0.6 is 0 Å². The summed E-state index contributed by atoms with van der Waals surface area (Å²) in [7, 11) is 0. The van der Waals surface area contributed by atoms with Crippen molar-refractivity contribution in [3.8, 4) is 0 Å². The summed E-state index contributed by atoms with van der Waals surface area (Å²) in [5.41, 5.74) is 3.43. The van der Waals surface area contributed by atoms with Gasteiger partial charge >= 0.3 is 0 Å². The molecule has 0 atom stereocenters. The quantitative estimate of drug-likeness (QED) is 0.689. The van der Waals surface area contributed by atoms with Crippen molar-refractivity contribution >= 4 is 5.57 Å². The molecular formula is C18H16N2. The van der Waals surface area contributed by atoms with Gasteiger partial charge in [-0.3, -0.25) is 0 Å². The molecule has 3 rings (SSSR count). The van der Waals surface area contributed by atoms with Gasteiger partial charge < -0.3 is 0 Å². The highest BCUT2D eigenvalue weighted by atomic mass is 14.8. The lowest BCUT2D eigenvalue weighted by Crippen LogP contribution is -1.84. The molecule has 0 aliphatic carbocycles. The Balaban J connectivity index is 0.000000205. The number of nitrogens with zero attached hydrogens (tertiary/aromatic N) is 2. The lowest BCUT2D eigenvalue weighted by atomic mass is 10.0. The van der Waals surface area contributed by atoms with E-state index in [9.17, 15) is 0 Å². The van der Waals surface area contributed by atoms with E-state index in [0.717, 1.165) is 5.57 Å². The Labute approximate surface area is 119 Å². The van der Waals surface area contributed by atoms with Crippen LogP contribution in [0.4, 0.5) is 0 Å². The van der Waals surface area contributed by atoms with Crippen molar-refractivity contribution in [2.45, 2.75) is 0 Å². The molecule has 0 aliphatic rings. The van der Waals surface area contributed by atoms with E-state index in [1.165, 1.54) is 17.5 Å². The molecule has 1 heterocycles. The standard InChI is InChI=1S/C14H12.C4H4N2/c1-12(13-8-4-2-5-9-13)14-10-6-3-7-11-14;1-2-5-4-6-3-1/h2-11H,1H2;1-4H. The van der Waals surface area contributed by atoms with Crippen molar-refractivity contribution in [3.63, 3.8) is 0 Å². The van der Waals surface area contributed by atoms with Crippen LogP contribution in [0.1, 0.15) is 11.1 Å². The van der Waals surface area contributed by atoms with E-state index >= 15 is 0 Å². The van der Waals surface area contributed by atoms with Crippen LogP contribution in [0, 0.1) is 0 Å². The smallest absolute Gasteiger partial charge is 0.115 e. The molecule has 2 heteroatoms. The maximum Gasteiger partial charge on any atom is 0.115 e. The molecule has 0 N–H and O–H groups in total. The monoisotopic (exact) mass is 260 g/mol. The zero-order valence-electron chi connectivity index (χ0n) is 11.2. The maximum absolute atomic E-state index is 4.10. The predicted molar refractivity (Wildman–Crippen MR) is 83.1 cm³/mol. The van der Waals surface area contributed by atoms with E-state index in [0.29, 0.717) is 0 Å². The average molecular weight is 260 g/mol. The van der Waals surface area contributed by atoms with Gasteiger partial charge in [0, 0.05) is 12.4 Å². The van der Waals surface area contributed by atoms with Crippen LogP contribution in [-0.4, -0.2) is 9.97 Å². The van der Waals surface area contributed by atoms with Gasteiger partial charge in [-0.1, -0.05) is 67.2 Å². The third-order valence-electron chi connectivity index (χ3n) is 2.72. The van der Waals surface area contributed by atoms with Crippen LogP contribution in [0.3, 0.4) is 0 Å². The molecule has 0 amide bonds. The summed E-state index contributed by atoms with van der Waals surface area (Å²) in [6.07, 6.45) is 4.88. The molecule has 3 aromatic rings. The van der Waals surface area contributed by atoms with E-state index in [-0.39, 0.29) is 0 Å². The third kappa shape index (κ3) is 4.18.